The quantitative estimate of drug-likeness (QED) is 0.175. The van der Waals surface area contributed by atoms with Crippen LogP contribution in [0.4, 0.5) is 28.4 Å². The summed E-state index contributed by atoms with van der Waals surface area (Å²) in [7, 11) is 2.46. The molecule has 1 radical (unpaired) electrons. The number of nitrogens with zero attached hydrogens (tertiary/aromatic N) is 1. The van der Waals surface area contributed by atoms with Crippen LogP contribution in [0.1, 0.15) is 55.5 Å². The fraction of sp³-hybridized carbons (Fsp3) is 0.108. The summed E-state index contributed by atoms with van der Waals surface area (Å²) in [6.45, 7) is 11.7. The molecule has 0 atom stereocenters. The van der Waals surface area contributed by atoms with Crippen LogP contribution in [-0.2, 0) is 10.8 Å². The zero-order chi connectivity index (χ0) is 46.3. The molecule has 1 aromatic heterocycles. The van der Waals surface area contributed by atoms with Crippen LogP contribution < -0.4 is 21.1 Å². The summed E-state index contributed by atoms with van der Waals surface area (Å²) in [5, 5.41) is 8.49. The lowest BCUT2D eigenvalue weighted by molar-refractivity contribution is 0.660. The molecule has 1 N–H and O–H groups in total. The van der Waals surface area contributed by atoms with Gasteiger partial charge in [-0.1, -0.05) is 167 Å². The summed E-state index contributed by atoms with van der Waals surface area (Å²) >= 11 is 0. The van der Waals surface area contributed by atoms with Crippen LogP contribution in [0.15, 0.2) is 199 Å². The number of hydrogen-bond acceptors (Lipinski definition) is 3. The average molecular weight is 884 g/mol. The second kappa shape index (κ2) is 14.5. The van der Waals surface area contributed by atoms with E-state index in [0.717, 1.165) is 55.8 Å². The summed E-state index contributed by atoms with van der Waals surface area (Å²) in [5.74, 6) is 0. The molecule has 0 saturated heterocycles. The number of nitrogens with one attached hydrogen (secondary N) is 1. The number of benzene rings is 10. The second-order valence-electron chi connectivity index (χ2n) is 20.5. The maximum absolute atomic E-state index is 6.77. The van der Waals surface area contributed by atoms with E-state index < -0.39 is 0 Å². The van der Waals surface area contributed by atoms with E-state index in [9.17, 15) is 0 Å². The maximum Gasteiger partial charge on any atom is 0.197 e. The Labute approximate surface area is 404 Å². The van der Waals surface area contributed by atoms with Gasteiger partial charge in [-0.15, -0.1) is 0 Å². The first-order valence-corrected chi connectivity index (χ1v) is 24.2. The van der Waals surface area contributed by atoms with E-state index in [1.165, 1.54) is 88.6 Å². The van der Waals surface area contributed by atoms with Gasteiger partial charge in [-0.05, 0) is 145 Å². The van der Waals surface area contributed by atoms with Gasteiger partial charge in [0.05, 0.1) is 5.69 Å². The van der Waals surface area contributed by atoms with E-state index in [1.807, 2.05) is 0 Å². The number of anilines is 5. The van der Waals surface area contributed by atoms with E-state index in [2.05, 4.69) is 246 Å². The third-order valence-electron chi connectivity index (χ3n) is 15.7. The zero-order valence-electron chi connectivity index (χ0n) is 39.4. The Morgan fingerprint density at radius 3 is 1.81 bits per heavy atom. The third-order valence-corrected chi connectivity index (χ3v) is 15.7. The monoisotopic (exact) mass is 883 g/mol. The van der Waals surface area contributed by atoms with Crippen molar-refractivity contribution < 1.29 is 4.42 Å². The van der Waals surface area contributed by atoms with Crippen LogP contribution in [0.25, 0.3) is 77.2 Å². The zero-order valence-corrected chi connectivity index (χ0v) is 39.4. The van der Waals surface area contributed by atoms with Gasteiger partial charge in [0, 0.05) is 56.0 Å². The standard InChI is InChI=1S/C65H48BN2O/c1-38-29-52(49-34-51-50-31-41-17-9-10-18-42(41)32-61(50)69-62(51)37-58(49)67-43-25-23-40(24-26-43)39-15-7-6-8-16-39)63-60(30-38)68(44-27-28-55-47(33-44)45-19-11-13-21-53(45)64(55,2)3)59-35-48-46-20-12-14-22-54(46)65(4,5)56(48)36-57(59)66-63/h6-37,67H,1-5H3. The van der Waals surface area contributed by atoms with Crippen molar-refractivity contribution in [2.45, 2.75) is 45.4 Å². The van der Waals surface area contributed by atoms with Crippen LogP contribution in [-0.4, -0.2) is 7.28 Å². The minimum absolute atomic E-state index is 0.0940. The molecule has 327 valence electrons. The van der Waals surface area contributed by atoms with Crippen molar-refractivity contribution in [2.24, 2.45) is 0 Å². The molecule has 0 amide bonds. The van der Waals surface area contributed by atoms with E-state index in [1.54, 1.807) is 0 Å². The molecule has 4 heteroatoms. The van der Waals surface area contributed by atoms with E-state index in [4.69, 9.17) is 4.42 Å². The minimum atomic E-state index is -0.149. The highest BCUT2D eigenvalue weighted by molar-refractivity contribution is 6.73. The predicted molar refractivity (Wildman–Crippen MR) is 291 cm³/mol. The molecule has 3 nitrogen and oxygen atoms in total. The highest BCUT2D eigenvalue weighted by atomic mass is 16.3. The fourth-order valence-electron chi connectivity index (χ4n) is 12.2. The Morgan fingerprint density at radius 1 is 0.449 bits per heavy atom. The Morgan fingerprint density at radius 2 is 1.06 bits per heavy atom. The van der Waals surface area contributed by atoms with Gasteiger partial charge in [0.2, 0.25) is 0 Å². The number of aryl methyl sites for hydroxylation is 1. The summed E-state index contributed by atoms with van der Waals surface area (Å²) in [4.78, 5) is 2.55. The highest BCUT2D eigenvalue weighted by Crippen LogP contribution is 2.54. The SMILES string of the molecule is Cc1cc(-c2cc3c(cc2Nc2ccc(-c4ccccc4)cc2)oc2cc4ccccc4cc23)c2c(c1)N(c1ccc3c(c1)-c1ccccc1C3(C)C)c1cc3c(cc1[B]2)C(C)(C)c1ccccc1-3. The number of rotatable bonds is 5. The molecule has 0 unspecified atom stereocenters. The lowest BCUT2D eigenvalue weighted by Gasteiger charge is -2.37. The van der Waals surface area contributed by atoms with Crippen molar-refractivity contribution in [3.8, 4) is 44.5 Å². The largest absolute Gasteiger partial charge is 0.456 e. The molecule has 14 rings (SSSR count). The van der Waals surface area contributed by atoms with Gasteiger partial charge >= 0.3 is 0 Å². The molecule has 2 aliphatic carbocycles. The topological polar surface area (TPSA) is 28.4 Å². The second-order valence-corrected chi connectivity index (χ2v) is 20.5. The fourth-order valence-corrected chi connectivity index (χ4v) is 12.2. The summed E-state index contributed by atoms with van der Waals surface area (Å²) in [6.07, 6.45) is 0. The molecule has 0 saturated carbocycles. The van der Waals surface area contributed by atoms with E-state index in [-0.39, 0.29) is 10.8 Å². The van der Waals surface area contributed by atoms with Crippen molar-refractivity contribution in [2.75, 3.05) is 10.2 Å². The Balaban J connectivity index is 1.01. The molecule has 69 heavy (non-hydrogen) atoms. The van der Waals surface area contributed by atoms with Gasteiger partial charge in [-0.2, -0.15) is 0 Å². The maximum atomic E-state index is 6.77. The first-order valence-electron chi connectivity index (χ1n) is 24.2. The molecule has 10 aromatic carbocycles. The molecule has 11 aromatic rings. The Kier molecular flexibility index (Phi) is 8.39. The summed E-state index contributed by atoms with van der Waals surface area (Å²) < 4.78 is 6.77. The Hall–Kier alpha value is -8.08. The lowest BCUT2D eigenvalue weighted by Crippen LogP contribution is -2.41. The lowest BCUT2D eigenvalue weighted by atomic mass is 9.57. The molecular weight excluding hydrogens is 836 g/mol. The van der Waals surface area contributed by atoms with Crippen molar-refractivity contribution in [3.05, 3.63) is 222 Å². The number of hydrogen-bond donors (Lipinski definition) is 1. The van der Waals surface area contributed by atoms with E-state index >= 15 is 0 Å². The first-order chi connectivity index (χ1) is 33.6. The van der Waals surface area contributed by atoms with Gasteiger partial charge in [0.1, 0.15) is 11.2 Å². The normalized spacial score (nSPS) is 14.5. The first kappa shape index (κ1) is 40.0. The van der Waals surface area contributed by atoms with Crippen molar-refractivity contribution in [1.29, 1.82) is 0 Å². The molecular formula is C65H48BN2O. The van der Waals surface area contributed by atoms with Crippen LogP contribution >= 0.6 is 0 Å². The molecule has 0 bridgehead atoms. The molecule has 2 heterocycles. The van der Waals surface area contributed by atoms with Crippen molar-refractivity contribution in [3.63, 3.8) is 0 Å². The predicted octanol–water partition coefficient (Wildman–Crippen LogP) is 16.2. The average Bonchev–Trinajstić information content (AvgIpc) is 3.92. The molecule has 3 aliphatic rings. The van der Waals surface area contributed by atoms with Crippen LogP contribution in [0, 0.1) is 6.92 Å². The molecule has 0 fully saturated rings. The van der Waals surface area contributed by atoms with Gasteiger partial charge < -0.3 is 14.6 Å². The number of furan rings is 1. The van der Waals surface area contributed by atoms with Crippen molar-refractivity contribution >= 4 is 79.4 Å². The van der Waals surface area contributed by atoms with Crippen molar-refractivity contribution in [1.82, 2.24) is 0 Å². The summed E-state index contributed by atoms with van der Waals surface area (Å²) in [5.41, 5.74) is 26.0. The molecule has 1 aliphatic heterocycles. The van der Waals surface area contributed by atoms with Crippen LogP contribution in [0.3, 0.4) is 0 Å². The van der Waals surface area contributed by atoms with Gasteiger partial charge in [-0.3, -0.25) is 0 Å². The minimum Gasteiger partial charge on any atom is -0.456 e. The molecule has 0 spiro atoms. The Bertz CT molecular complexity index is 3970. The smallest absolute Gasteiger partial charge is 0.197 e. The van der Waals surface area contributed by atoms with Crippen LogP contribution in [0.5, 0.6) is 0 Å². The highest BCUT2D eigenvalue weighted by Gasteiger charge is 2.40. The van der Waals surface area contributed by atoms with E-state index in [0.29, 0.717) is 0 Å². The number of fused-ring (bicyclic) bond motifs is 12. The van der Waals surface area contributed by atoms with Gasteiger partial charge in [0.25, 0.3) is 0 Å². The van der Waals surface area contributed by atoms with Crippen LogP contribution in [0.2, 0.25) is 0 Å². The van der Waals surface area contributed by atoms with Gasteiger partial charge in [0.15, 0.2) is 7.28 Å². The summed E-state index contributed by atoms with van der Waals surface area (Å²) in [6, 6.07) is 71.9. The third kappa shape index (κ3) is 5.94. The van der Waals surface area contributed by atoms with Gasteiger partial charge in [-0.25, -0.2) is 0 Å².